The van der Waals surface area contributed by atoms with Crippen LogP contribution in [0.25, 0.3) is 0 Å². The van der Waals surface area contributed by atoms with E-state index in [0.29, 0.717) is 18.5 Å². The zero-order valence-corrected chi connectivity index (χ0v) is 13.7. The van der Waals surface area contributed by atoms with Crippen LogP contribution in [0.2, 0.25) is 0 Å². The molecule has 1 rings (SSSR count). The van der Waals surface area contributed by atoms with Crippen LogP contribution in [0.4, 0.5) is 0 Å². The Bertz CT molecular complexity index is 585. The van der Waals surface area contributed by atoms with Crippen molar-refractivity contribution in [2.24, 2.45) is 5.73 Å². The predicted molar refractivity (Wildman–Crippen MR) is 82.4 cm³/mol. The summed E-state index contributed by atoms with van der Waals surface area (Å²) in [6, 6.07) is 5.06. The van der Waals surface area contributed by atoms with Crippen LogP contribution in [0.1, 0.15) is 24.5 Å². The van der Waals surface area contributed by atoms with E-state index in [-0.39, 0.29) is 16.7 Å². The highest BCUT2D eigenvalue weighted by Crippen LogP contribution is 2.16. The van der Waals surface area contributed by atoms with Crippen LogP contribution in [0.3, 0.4) is 0 Å². The standard InChI is InChI=1S/C13H22N2O3S2/c1-10-8-12(9-14)4-5-13(10)20(17,18)15-7-6-11(2)19(3)16/h4-5,8,11,15H,6-7,9,14H2,1-3H3. The Morgan fingerprint density at radius 3 is 2.55 bits per heavy atom. The minimum atomic E-state index is -3.53. The number of nitrogens with one attached hydrogen (secondary N) is 1. The molecule has 0 spiro atoms. The molecular formula is C13H22N2O3S2. The van der Waals surface area contributed by atoms with E-state index in [2.05, 4.69) is 4.72 Å². The number of rotatable bonds is 7. The minimum absolute atomic E-state index is 0.0292. The largest absolute Gasteiger partial charge is 0.326 e. The Morgan fingerprint density at radius 1 is 1.40 bits per heavy atom. The first kappa shape index (κ1) is 17.3. The number of hydrogen-bond donors (Lipinski definition) is 2. The molecule has 0 aromatic heterocycles. The van der Waals surface area contributed by atoms with Crippen LogP contribution < -0.4 is 10.5 Å². The van der Waals surface area contributed by atoms with Crippen molar-refractivity contribution in [3.05, 3.63) is 29.3 Å². The number of hydrogen-bond acceptors (Lipinski definition) is 4. The summed E-state index contributed by atoms with van der Waals surface area (Å²) in [7, 11) is -4.47. The highest BCUT2D eigenvalue weighted by atomic mass is 32.2. The molecule has 0 fully saturated rings. The molecule has 0 saturated carbocycles. The third-order valence-corrected chi connectivity index (χ3v) is 6.16. The quantitative estimate of drug-likeness (QED) is 0.781. The lowest BCUT2D eigenvalue weighted by Crippen LogP contribution is -2.28. The fraction of sp³-hybridized carbons (Fsp3) is 0.538. The van der Waals surface area contributed by atoms with E-state index in [1.807, 2.05) is 6.92 Å². The highest BCUT2D eigenvalue weighted by Gasteiger charge is 2.17. The molecular weight excluding hydrogens is 296 g/mol. The van der Waals surface area contributed by atoms with E-state index < -0.39 is 20.8 Å². The van der Waals surface area contributed by atoms with Crippen molar-refractivity contribution in [1.82, 2.24) is 4.72 Å². The molecule has 1 aromatic rings. The smallest absolute Gasteiger partial charge is 0.240 e. The third kappa shape index (κ3) is 4.66. The fourth-order valence-corrected chi connectivity index (χ4v) is 3.50. The van der Waals surface area contributed by atoms with Crippen LogP contribution >= 0.6 is 0 Å². The zero-order chi connectivity index (χ0) is 15.3. The Labute approximate surface area is 123 Å². The second-order valence-electron chi connectivity index (χ2n) is 4.80. The Hall–Kier alpha value is -0.760. The lowest BCUT2D eigenvalue weighted by atomic mass is 10.1. The van der Waals surface area contributed by atoms with Gasteiger partial charge in [-0.2, -0.15) is 0 Å². The topological polar surface area (TPSA) is 89.3 Å². The van der Waals surface area contributed by atoms with Crippen molar-refractivity contribution in [2.45, 2.75) is 37.0 Å². The third-order valence-electron chi connectivity index (χ3n) is 3.17. The molecule has 0 bridgehead atoms. The van der Waals surface area contributed by atoms with Gasteiger partial charge in [0.1, 0.15) is 0 Å². The van der Waals surface area contributed by atoms with Crippen LogP contribution in [-0.4, -0.2) is 30.7 Å². The molecule has 114 valence electrons. The first-order chi connectivity index (χ1) is 9.27. The van der Waals surface area contributed by atoms with E-state index in [4.69, 9.17) is 5.73 Å². The average molecular weight is 318 g/mol. The Kier molecular flexibility index (Phi) is 6.32. The van der Waals surface area contributed by atoms with Gasteiger partial charge in [0.2, 0.25) is 10.0 Å². The predicted octanol–water partition coefficient (Wildman–Crippen LogP) is 0.889. The summed E-state index contributed by atoms with van der Waals surface area (Å²) in [6.45, 7) is 4.25. The second kappa shape index (κ2) is 7.31. The first-order valence-corrected chi connectivity index (χ1v) is 9.50. The van der Waals surface area contributed by atoms with E-state index in [1.165, 1.54) is 0 Å². The van der Waals surface area contributed by atoms with Gasteiger partial charge in [-0.15, -0.1) is 0 Å². The van der Waals surface area contributed by atoms with Crippen molar-refractivity contribution in [3.63, 3.8) is 0 Å². The Morgan fingerprint density at radius 2 is 2.05 bits per heavy atom. The number of aryl methyl sites for hydroxylation is 1. The lowest BCUT2D eigenvalue weighted by molar-refractivity contribution is 0.577. The molecule has 0 aliphatic carbocycles. The van der Waals surface area contributed by atoms with Gasteiger partial charge in [-0.25, -0.2) is 13.1 Å². The molecule has 0 amide bonds. The van der Waals surface area contributed by atoms with E-state index in [1.54, 1.807) is 31.4 Å². The van der Waals surface area contributed by atoms with Crippen molar-refractivity contribution in [2.75, 3.05) is 12.8 Å². The molecule has 3 N–H and O–H groups in total. The van der Waals surface area contributed by atoms with Gasteiger partial charge in [-0.05, 0) is 30.5 Å². The van der Waals surface area contributed by atoms with Crippen molar-refractivity contribution in [1.29, 1.82) is 0 Å². The molecule has 0 heterocycles. The summed E-state index contributed by atoms with van der Waals surface area (Å²) in [5.74, 6) is 0. The summed E-state index contributed by atoms with van der Waals surface area (Å²) in [4.78, 5) is 0.264. The lowest BCUT2D eigenvalue weighted by Gasteiger charge is -2.12. The molecule has 2 unspecified atom stereocenters. The maximum Gasteiger partial charge on any atom is 0.240 e. The summed E-state index contributed by atoms with van der Waals surface area (Å²) in [5, 5.41) is -0.0292. The maximum atomic E-state index is 12.2. The molecule has 0 saturated heterocycles. The van der Waals surface area contributed by atoms with Crippen LogP contribution in [0, 0.1) is 6.92 Å². The van der Waals surface area contributed by atoms with Crippen LogP contribution in [0.5, 0.6) is 0 Å². The SMILES string of the molecule is Cc1cc(CN)ccc1S(=O)(=O)NCCC(C)S(C)=O. The van der Waals surface area contributed by atoms with Gasteiger partial charge in [0, 0.05) is 35.4 Å². The van der Waals surface area contributed by atoms with E-state index in [9.17, 15) is 12.6 Å². The normalized spacial score (nSPS) is 15.0. The number of benzene rings is 1. The summed E-state index contributed by atoms with van der Waals surface area (Å²) >= 11 is 0. The second-order valence-corrected chi connectivity index (χ2v) is 8.34. The molecule has 20 heavy (non-hydrogen) atoms. The molecule has 5 nitrogen and oxygen atoms in total. The Balaban J connectivity index is 2.77. The first-order valence-electron chi connectivity index (χ1n) is 6.39. The van der Waals surface area contributed by atoms with Crippen molar-refractivity contribution >= 4 is 20.8 Å². The van der Waals surface area contributed by atoms with Gasteiger partial charge < -0.3 is 5.73 Å². The van der Waals surface area contributed by atoms with E-state index >= 15 is 0 Å². The average Bonchev–Trinajstić information content (AvgIpc) is 2.37. The fourth-order valence-electron chi connectivity index (χ4n) is 1.78. The molecule has 1 aromatic carbocycles. The molecule has 0 aliphatic rings. The zero-order valence-electron chi connectivity index (χ0n) is 12.0. The summed E-state index contributed by atoms with van der Waals surface area (Å²) < 4.78 is 38.1. The monoisotopic (exact) mass is 318 g/mol. The van der Waals surface area contributed by atoms with Gasteiger partial charge in [0.15, 0.2) is 0 Å². The molecule has 0 radical (unpaired) electrons. The highest BCUT2D eigenvalue weighted by molar-refractivity contribution is 7.89. The van der Waals surface area contributed by atoms with Gasteiger partial charge in [0.25, 0.3) is 0 Å². The van der Waals surface area contributed by atoms with Gasteiger partial charge >= 0.3 is 0 Å². The number of nitrogens with two attached hydrogens (primary N) is 1. The maximum absolute atomic E-state index is 12.2. The van der Waals surface area contributed by atoms with Gasteiger partial charge in [-0.3, -0.25) is 4.21 Å². The van der Waals surface area contributed by atoms with E-state index in [0.717, 1.165) is 5.56 Å². The molecule has 7 heteroatoms. The van der Waals surface area contributed by atoms with Gasteiger partial charge in [-0.1, -0.05) is 19.1 Å². The molecule has 2 atom stereocenters. The number of sulfonamides is 1. The minimum Gasteiger partial charge on any atom is -0.326 e. The van der Waals surface area contributed by atoms with Gasteiger partial charge in [0.05, 0.1) is 4.90 Å². The van der Waals surface area contributed by atoms with Crippen molar-refractivity contribution in [3.8, 4) is 0 Å². The summed E-state index contributed by atoms with van der Waals surface area (Å²) in [5.41, 5.74) is 7.10. The summed E-state index contributed by atoms with van der Waals surface area (Å²) in [6.07, 6.45) is 2.16. The van der Waals surface area contributed by atoms with Crippen molar-refractivity contribution < 1.29 is 12.6 Å². The van der Waals surface area contributed by atoms with Crippen LogP contribution in [-0.2, 0) is 27.4 Å². The molecule has 0 aliphatic heterocycles. The van der Waals surface area contributed by atoms with Crippen LogP contribution in [0.15, 0.2) is 23.1 Å².